The SMILES string of the molecule is Cc1cccc(Cl)c1C(=O)Pc1c(OCc2ccccc2)cc(OCc2ccccc2)cc1OCc1ccccc1. The van der Waals surface area contributed by atoms with Crippen molar-refractivity contribution >= 4 is 31.0 Å². The van der Waals surface area contributed by atoms with Crippen molar-refractivity contribution in [3.05, 3.63) is 154 Å². The highest BCUT2D eigenvalue weighted by Crippen LogP contribution is 2.37. The normalized spacial score (nSPS) is 11.0. The largest absolute Gasteiger partial charge is 0.489 e. The first-order chi connectivity index (χ1) is 20.1. The van der Waals surface area contributed by atoms with Gasteiger partial charge in [0.05, 0.1) is 10.3 Å². The van der Waals surface area contributed by atoms with Crippen LogP contribution in [0.5, 0.6) is 17.2 Å². The van der Waals surface area contributed by atoms with Crippen LogP contribution in [0, 0.1) is 6.92 Å². The second-order valence-electron chi connectivity index (χ2n) is 9.50. The predicted octanol–water partition coefficient (Wildman–Crippen LogP) is 8.53. The first-order valence-corrected chi connectivity index (χ1v) is 14.7. The number of ether oxygens (including phenoxy) is 3. The van der Waals surface area contributed by atoms with Gasteiger partial charge in [-0.15, -0.1) is 0 Å². The Balaban J connectivity index is 1.52. The number of carbonyl (C=O) groups is 1. The third kappa shape index (κ3) is 7.76. The summed E-state index contributed by atoms with van der Waals surface area (Å²) in [7, 11) is -0.276. The van der Waals surface area contributed by atoms with E-state index >= 15 is 0 Å². The summed E-state index contributed by atoms with van der Waals surface area (Å²) in [5, 5.41) is 1.11. The summed E-state index contributed by atoms with van der Waals surface area (Å²) in [6.45, 7) is 2.94. The molecule has 5 aromatic rings. The molecule has 4 nitrogen and oxygen atoms in total. The Morgan fingerprint density at radius 2 is 1.10 bits per heavy atom. The number of carbonyl (C=O) groups excluding carboxylic acids is 1. The van der Waals surface area contributed by atoms with Crippen molar-refractivity contribution in [2.45, 2.75) is 26.7 Å². The minimum atomic E-state index is -0.276. The zero-order valence-electron chi connectivity index (χ0n) is 22.7. The van der Waals surface area contributed by atoms with Gasteiger partial charge in [-0.1, -0.05) is 115 Å². The van der Waals surface area contributed by atoms with Gasteiger partial charge >= 0.3 is 0 Å². The van der Waals surface area contributed by atoms with Crippen molar-refractivity contribution in [2.24, 2.45) is 0 Å². The van der Waals surface area contributed by atoms with Crippen LogP contribution in [0.25, 0.3) is 0 Å². The fourth-order valence-corrected chi connectivity index (χ4v) is 5.91. The van der Waals surface area contributed by atoms with Crippen LogP contribution in [0.15, 0.2) is 121 Å². The average molecular weight is 581 g/mol. The fraction of sp³-hybridized carbons (Fsp3) is 0.114. The van der Waals surface area contributed by atoms with E-state index in [-0.39, 0.29) is 14.1 Å². The van der Waals surface area contributed by atoms with E-state index in [1.165, 1.54) is 0 Å². The average Bonchev–Trinajstić information content (AvgIpc) is 3.00. The maximum Gasteiger partial charge on any atom is 0.187 e. The van der Waals surface area contributed by atoms with E-state index in [2.05, 4.69) is 0 Å². The van der Waals surface area contributed by atoms with Crippen molar-refractivity contribution in [3.63, 3.8) is 0 Å². The van der Waals surface area contributed by atoms with Gasteiger partial charge in [0.25, 0.3) is 0 Å². The van der Waals surface area contributed by atoms with Gasteiger partial charge in [-0.2, -0.15) is 0 Å². The van der Waals surface area contributed by atoms with E-state index in [9.17, 15) is 4.79 Å². The molecule has 5 rings (SSSR count). The summed E-state index contributed by atoms with van der Waals surface area (Å²) in [6.07, 6.45) is 0. The van der Waals surface area contributed by atoms with Crippen molar-refractivity contribution in [1.29, 1.82) is 0 Å². The molecule has 0 aromatic heterocycles. The Bertz CT molecular complexity index is 1510. The number of halogens is 1. The van der Waals surface area contributed by atoms with Gasteiger partial charge in [-0.05, 0) is 43.8 Å². The molecule has 0 aliphatic heterocycles. The van der Waals surface area contributed by atoms with Gasteiger partial charge in [-0.25, -0.2) is 0 Å². The summed E-state index contributed by atoms with van der Waals surface area (Å²) in [6, 6.07) is 39.0. The molecule has 41 heavy (non-hydrogen) atoms. The summed E-state index contributed by atoms with van der Waals surface area (Å²) >= 11 is 6.48. The fourth-order valence-electron chi connectivity index (χ4n) is 4.31. The standard InChI is InChI=1S/C35H30ClO4P/c1-25-12-11-19-30(36)33(25)35(37)41-34-31(39-23-27-15-7-3-8-16-27)20-29(38-22-26-13-5-2-6-14-26)21-32(34)40-24-28-17-9-4-10-18-28/h2-21,41H,22-24H2,1H3. The Hall–Kier alpha value is -4.11. The molecule has 0 saturated heterocycles. The minimum Gasteiger partial charge on any atom is -0.489 e. The predicted molar refractivity (Wildman–Crippen MR) is 167 cm³/mol. The molecule has 0 N–H and O–H groups in total. The van der Waals surface area contributed by atoms with Crippen LogP contribution in [-0.4, -0.2) is 5.52 Å². The van der Waals surface area contributed by atoms with Gasteiger partial charge in [0.2, 0.25) is 0 Å². The summed E-state index contributed by atoms with van der Waals surface area (Å²) < 4.78 is 18.9. The summed E-state index contributed by atoms with van der Waals surface area (Å²) in [5.41, 5.74) is 4.33. The third-order valence-electron chi connectivity index (χ3n) is 6.45. The van der Waals surface area contributed by atoms with Crippen LogP contribution < -0.4 is 19.5 Å². The van der Waals surface area contributed by atoms with Gasteiger partial charge in [0.15, 0.2) is 5.52 Å². The van der Waals surface area contributed by atoms with Gasteiger partial charge in [0, 0.05) is 17.7 Å². The molecular weight excluding hydrogens is 551 g/mol. The van der Waals surface area contributed by atoms with E-state index in [0.717, 1.165) is 22.3 Å². The van der Waals surface area contributed by atoms with Crippen LogP contribution in [0.1, 0.15) is 32.6 Å². The zero-order chi connectivity index (χ0) is 28.4. The lowest BCUT2D eigenvalue weighted by atomic mass is 10.1. The van der Waals surface area contributed by atoms with Crippen molar-refractivity contribution in [2.75, 3.05) is 0 Å². The van der Waals surface area contributed by atoms with Crippen LogP contribution in [0.4, 0.5) is 0 Å². The molecule has 0 bridgehead atoms. The number of aryl methyl sites for hydroxylation is 1. The molecule has 206 valence electrons. The highest BCUT2D eigenvalue weighted by Gasteiger charge is 2.22. The smallest absolute Gasteiger partial charge is 0.187 e. The Kier molecular flexibility index (Phi) is 9.69. The van der Waals surface area contributed by atoms with Crippen molar-refractivity contribution in [3.8, 4) is 17.2 Å². The number of hydrogen-bond donors (Lipinski definition) is 0. The maximum atomic E-state index is 13.7. The third-order valence-corrected chi connectivity index (χ3v) is 7.98. The monoisotopic (exact) mass is 580 g/mol. The molecule has 0 fully saturated rings. The van der Waals surface area contributed by atoms with Crippen LogP contribution >= 0.6 is 20.2 Å². The molecule has 0 radical (unpaired) electrons. The van der Waals surface area contributed by atoms with Gasteiger partial charge in [0.1, 0.15) is 37.1 Å². The van der Waals surface area contributed by atoms with Crippen molar-refractivity contribution in [1.82, 2.24) is 0 Å². The molecule has 1 atom stereocenters. The molecule has 0 saturated carbocycles. The molecule has 0 heterocycles. The Morgan fingerprint density at radius 1 is 0.634 bits per heavy atom. The van der Waals surface area contributed by atoms with Crippen LogP contribution in [0.2, 0.25) is 5.02 Å². The number of hydrogen-bond acceptors (Lipinski definition) is 4. The molecule has 6 heteroatoms. The van der Waals surface area contributed by atoms with E-state index in [0.29, 0.717) is 53.0 Å². The molecule has 0 spiro atoms. The first kappa shape index (κ1) is 28.4. The van der Waals surface area contributed by atoms with E-state index in [4.69, 9.17) is 25.8 Å². The molecular formula is C35H30ClO4P. The first-order valence-electron chi connectivity index (χ1n) is 13.3. The number of benzene rings is 5. The lowest BCUT2D eigenvalue weighted by molar-refractivity contribution is 0.108. The second kappa shape index (κ2) is 14.0. The summed E-state index contributed by atoms with van der Waals surface area (Å²) in [4.78, 5) is 13.7. The maximum absolute atomic E-state index is 13.7. The topological polar surface area (TPSA) is 44.8 Å². The van der Waals surface area contributed by atoms with E-state index in [1.54, 1.807) is 6.07 Å². The van der Waals surface area contributed by atoms with Crippen LogP contribution in [0.3, 0.4) is 0 Å². The highest BCUT2D eigenvalue weighted by atomic mass is 35.5. The zero-order valence-corrected chi connectivity index (χ0v) is 24.4. The Labute approximate surface area is 247 Å². The Morgan fingerprint density at radius 3 is 1.56 bits per heavy atom. The molecule has 1 unspecified atom stereocenters. The molecule has 0 aliphatic carbocycles. The molecule has 5 aromatic carbocycles. The lowest BCUT2D eigenvalue weighted by Crippen LogP contribution is -2.13. The van der Waals surface area contributed by atoms with Crippen LogP contribution in [-0.2, 0) is 19.8 Å². The van der Waals surface area contributed by atoms with E-state index in [1.807, 2.05) is 122 Å². The highest BCUT2D eigenvalue weighted by molar-refractivity contribution is 7.66. The second-order valence-corrected chi connectivity index (χ2v) is 11.1. The quantitative estimate of drug-likeness (QED) is 0.139. The molecule has 0 amide bonds. The molecule has 0 aliphatic rings. The lowest BCUT2D eigenvalue weighted by Gasteiger charge is -2.19. The van der Waals surface area contributed by atoms with Gasteiger partial charge < -0.3 is 14.2 Å². The summed E-state index contributed by atoms with van der Waals surface area (Å²) in [5.74, 6) is 1.67. The van der Waals surface area contributed by atoms with Gasteiger partial charge in [-0.3, -0.25) is 4.79 Å². The van der Waals surface area contributed by atoms with Crippen molar-refractivity contribution < 1.29 is 19.0 Å². The minimum absolute atomic E-state index is 0.0832. The number of rotatable bonds is 12. The van der Waals surface area contributed by atoms with E-state index < -0.39 is 0 Å².